The molecule has 0 saturated heterocycles. The van der Waals surface area contributed by atoms with Gasteiger partial charge in [-0.05, 0) is 111 Å². The Kier molecular flexibility index (Phi) is 8.95. The first kappa shape index (κ1) is 35.4. The van der Waals surface area contributed by atoms with Crippen LogP contribution in [0, 0.1) is 0 Å². The highest BCUT2D eigenvalue weighted by molar-refractivity contribution is 6.30. The summed E-state index contributed by atoms with van der Waals surface area (Å²) in [6, 6.07) is 88.6. The van der Waals surface area contributed by atoms with Crippen molar-refractivity contribution in [2.24, 2.45) is 0 Å². The maximum atomic E-state index is 2.30. The zero-order valence-electron chi connectivity index (χ0n) is 33.1. The lowest BCUT2D eigenvalue weighted by atomic mass is 9.62. The smallest absolute Gasteiger partial charge is 0.0000476 e. The molecule has 0 unspecified atom stereocenters. The second kappa shape index (κ2) is 15.2. The molecule has 10 aromatic carbocycles. The van der Waals surface area contributed by atoms with E-state index in [0.29, 0.717) is 0 Å². The van der Waals surface area contributed by atoms with E-state index in [1.807, 2.05) is 0 Å². The molecule has 0 atom stereocenters. The lowest BCUT2D eigenvalue weighted by Crippen LogP contribution is -2.13. The maximum Gasteiger partial charge on any atom is -0.0000476 e. The van der Waals surface area contributed by atoms with Crippen molar-refractivity contribution in [3.63, 3.8) is 0 Å². The molecule has 1 aliphatic rings. The molecule has 1 aliphatic carbocycles. The highest BCUT2D eigenvalue weighted by atomic mass is 14.4. The van der Waals surface area contributed by atoms with Crippen LogP contribution in [0.2, 0.25) is 0 Å². The molecule has 280 valence electrons. The number of hydrogen-bond acceptors (Lipinski definition) is 0. The van der Waals surface area contributed by atoms with E-state index < -0.39 is 0 Å². The Morgan fingerprint density at radius 3 is 0.317 bits per heavy atom. The van der Waals surface area contributed by atoms with E-state index in [-0.39, 0.29) is 0 Å². The monoisotopic (exact) mass is 760 g/mol. The molecule has 60 heavy (non-hydrogen) atoms. The molecule has 0 fully saturated rings. The fourth-order valence-corrected chi connectivity index (χ4v) is 9.59. The number of hydrogen-bond donors (Lipinski definition) is 0. The largest absolute Gasteiger partial charge is 0.0622 e. The number of rotatable bonds is 8. The van der Waals surface area contributed by atoms with Crippen molar-refractivity contribution < 1.29 is 0 Å². The Hall–Kier alpha value is -7.80. The van der Waals surface area contributed by atoms with Gasteiger partial charge in [-0.2, -0.15) is 0 Å². The van der Waals surface area contributed by atoms with Gasteiger partial charge in [-0.3, -0.25) is 0 Å². The molecule has 10 aromatic rings. The first-order chi connectivity index (χ1) is 29.9. The second-order valence-corrected chi connectivity index (χ2v) is 15.4. The zero-order chi connectivity index (χ0) is 39.8. The lowest BCUT2D eigenvalue weighted by molar-refractivity contribution is 1.46. The summed E-state index contributed by atoms with van der Waals surface area (Å²) in [4.78, 5) is 0. The van der Waals surface area contributed by atoms with Gasteiger partial charge in [0.05, 0.1) is 0 Å². The van der Waals surface area contributed by atoms with Crippen LogP contribution in [-0.4, -0.2) is 0 Å². The van der Waals surface area contributed by atoms with E-state index in [9.17, 15) is 0 Å². The Morgan fingerprint density at radius 1 is 0.100 bits per heavy atom. The number of benzene rings is 10. The topological polar surface area (TPSA) is 0 Å². The number of fused-ring (bicyclic) bond motifs is 4. The molecule has 0 aromatic heterocycles. The molecule has 0 nitrogen and oxygen atoms in total. The molecule has 0 amide bonds. The Bertz CT molecular complexity index is 2650. The van der Waals surface area contributed by atoms with Crippen molar-refractivity contribution in [2.45, 2.75) is 0 Å². The van der Waals surface area contributed by atoms with Gasteiger partial charge in [0, 0.05) is 0 Å². The van der Waals surface area contributed by atoms with E-state index in [4.69, 9.17) is 0 Å². The fraction of sp³-hybridized carbons (Fsp3) is 0. The van der Waals surface area contributed by atoms with Gasteiger partial charge in [-0.1, -0.05) is 243 Å². The maximum absolute atomic E-state index is 2.30. The van der Waals surface area contributed by atoms with Crippen molar-refractivity contribution in [1.29, 1.82) is 0 Å². The predicted octanol–water partition coefficient (Wildman–Crippen LogP) is 16.7. The SMILES string of the molecule is c1ccc(-c2c(-c3ccccc3)c(-c3ccccc3)c3c(c2-c2ccccc2)-c2c(-c4ccccc4)c(-c4ccccc4)c(-c4ccccc4)c(-c4ccccc4)c2-3)cc1. The molecule has 11 rings (SSSR count). The van der Waals surface area contributed by atoms with Gasteiger partial charge in [0.15, 0.2) is 0 Å². The molecular weight excluding hydrogens is 721 g/mol. The van der Waals surface area contributed by atoms with E-state index in [1.165, 1.54) is 111 Å². The van der Waals surface area contributed by atoms with Gasteiger partial charge in [-0.15, -0.1) is 0 Å². The Labute approximate surface area is 352 Å². The van der Waals surface area contributed by atoms with E-state index in [2.05, 4.69) is 243 Å². The van der Waals surface area contributed by atoms with Crippen LogP contribution < -0.4 is 0 Å². The van der Waals surface area contributed by atoms with Gasteiger partial charge >= 0.3 is 0 Å². The summed E-state index contributed by atoms with van der Waals surface area (Å²) < 4.78 is 0. The van der Waals surface area contributed by atoms with Crippen LogP contribution in [0.15, 0.2) is 243 Å². The van der Waals surface area contributed by atoms with Gasteiger partial charge in [0.2, 0.25) is 0 Å². The van der Waals surface area contributed by atoms with Crippen molar-refractivity contribution in [1.82, 2.24) is 0 Å². The van der Waals surface area contributed by atoms with Crippen molar-refractivity contribution in [3.05, 3.63) is 243 Å². The first-order valence-corrected chi connectivity index (χ1v) is 20.8. The average Bonchev–Trinajstić information content (AvgIpc) is 3.34. The highest BCUT2D eigenvalue weighted by Crippen LogP contribution is 2.68. The summed E-state index contributed by atoms with van der Waals surface area (Å²) in [6.07, 6.45) is 0. The minimum atomic E-state index is 1.19. The van der Waals surface area contributed by atoms with Crippen LogP contribution in [0.5, 0.6) is 0 Å². The van der Waals surface area contributed by atoms with E-state index >= 15 is 0 Å². The summed E-state index contributed by atoms with van der Waals surface area (Å²) in [6.45, 7) is 0. The van der Waals surface area contributed by atoms with Crippen LogP contribution >= 0.6 is 0 Å². The highest BCUT2D eigenvalue weighted by Gasteiger charge is 2.41. The molecule has 0 bridgehead atoms. The lowest BCUT2D eigenvalue weighted by Gasteiger charge is -2.40. The molecule has 0 aliphatic heterocycles. The molecule has 0 radical (unpaired) electrons. The summed E-state index contributed by atoms with van der Waals surface area (Å²) in [5, 5.41) is 0. The third-order valence-corrected chi connectivity index (χ3v) is 12.0. The zero-order valence-corrected chi connectivity index (χ0v) is 33.1. The predicted molar refractivity (Wildman–Crippen MR) is 254 cm³/mol. The van der Waals surface area contributed by atoms with Crippen molar-refractivity contribution in [2.75, 3.05) is 0 Å². The molecule has 0 heteroatoms. The van der Waals surface area contributed by atoms with Crippen LogP contribution in [0.1, 0.15) is 0 Å². The van der Waals surface area contributed by atoms with Gasteiger partial charge in [-0.25, -0.2) is 0 Å². The fourth-order valence-electron chi connectivity index (χ4n) is 9.59. The van der Waals surface area contributed by atoms with Crippen LogP contribution in [-0.2, 0) is 0 Å². The van der Waals surface area contributed by atoms with Gasteiger partial charge in [0.1, 0.15) is 0 Å². The van der Waals surface area contributed by atoms with E-state index in [0.717, 1.165) is 0 Å². The summed E-state index contributed by atoms with van der Waals surface area (Å²) in [5.41, 5.74) is 24.7. The molecule has 0 heterocycles. The summed E-state index contributed by atoms with van der Waals surface area (Å²) in [7, 11) is 0. The molecular formula is C60H40. The third kappa shape index (κ3) is 5.84. The third-order valence-electron chi connectivity index (χ3n) is 12.0. The Balaban J connectivity index is 1.46. The minimum Gasteiger partial charge on any atom is -0.0622 e. The van der Waals surface area contributed by atoms with Crippen LogP contribution in [0.4, 0.5) is 0 Å². The molecule has 0 N–H and O–H groups in total. The normalized spacial score (nSPS) is 11.3. The molecule has 0 spiro atoms. The van der Waals surface area contributed by atoms with Crippen molar-refractivity contribution >= 4 is 0 Å². The average molecular weight is 761 g/mol. The summed E-state index contributed by atoms with van der Waals surface area (Å²) >= 11 is 0. The van der Waals surface area contributed by atoms with Gasteiger partial charge in [0.25, 0.3) is 0 Å². The molecule has 0 saturated carbocycles. The second-order valence-electron chi connectivity index (χ2n) is 15.4. The van der Waals surface area contributed by atoms with Crippen LogP contribution in [0.3, 0.4) is 0 Å². The summed E-state index contributed by atoms with van der Waals surface area (Å²) in [5.74, 6) is 0. The van der Waals surface area contributed by atoms with Gasteiger partial charge < -0.3 is 0 Å². The van der Waals surface area contributed by atoms with Crippen molar-refractivity contribution in [3.8, 4) is 111 Å². The van der Waals surface area contributed by atoms with E-state index in [1.54, 1.807) is 0 Å². The van der Waals surface area contributed by atoms with Crippen LogP contribution in [0.25, 0.3) is 111 Å². The minimum absolute atomic E-state index is 1.19. The Morgan fingerprint density at radius 2 is 0.200 bits per heavy atom. The standard InChI is InChI=1S/C60H40/c1-9-25-41(26-10-1)49-50(42-27-11-2-12-28-42)54(46-35-19-6-20-36-46)58-57(53(49)45-33-17-5-18-34-45)59-55(47-37-21-7-22-38-47)51(43-29-13-3-14-30-43)52(44-31-15-4-16-32-44)56(60(58)59)48-39-23-8-24-40-48/h1-40H. The quantitative estimate of drug-likeness (QED) is 0.145. The first-order valence-electron chi connectivity index (χ1n) is 20.8.